The van der Waals surface area contributed by atoms with Crippen molar-refractivity contribution in [3.63, 3.8) is 0 Å². The number of aryl methyl sites for hydroxylation is 2. The number of hydrogen-bond donors (Lipinski definition) is 2. The van der Waals surface area contributed by atoms with Crippen LogP contribution < -0.4 is 9.46 Å². The third kappa shape index (κ3) is 3.40. The summed E-state index contributed by atoms with van der Waals surface area (Å²) in [5, 5.41) is 6.61. The molecular weight excluding hydrogens is 330 g/mol. The summed E-state index contributed by atoms with van der Waals surface area (Å²) in [4.78, 5) is 8.23. The summed E-state index contributed by atoms with van der Waals surface area (Å²) in [6, 6.07) is 0. The summed E-state index contributed by atoms with van der Waals surface area (Å²) in [5.74, 6) is 0.430. The number of ether oxygens (including phenoxy) is 1. The summed E-state index contributed by atoms with van der Waals surface area (Å²) >= 11 is 0. The Morgan fingerprint density at radius 1 is 1.38 bits per heavy atom. The Labute approximate surface area is 140 Å². The molecule has 128 valence electrons. The van der Waals surface area contributed by atoms with Gasteiger partial charge >= 0.3 is 0 Å². The van der Waals surface area contributed by atoms with E-state index in [0.29, 0.717) is 17.3 Å². The third-order valence-corrected chi connectivity index (χ3v) is 5.44. The van der Waals surface area contributed by atoms with Gasteiger partial charge in [0, 0.05) is 18.6 Å². The number of aromatic nitrogens is 4. The van der Waals surface area contributed by atoms with E-state index in [1.54, 1.807) is 26.2 Å². The second-order valence-electron chi connectivity index (χ2n) is 5.65. The molecule has 1 fully saturated rings. The minimum absolute atomic E-state index is 0.184. The first kappa shape index (κ1) is 16.4. The van der Waals surface area contributed by atoms with E-state index >= 15 is 0 Å². The van der Waals surface area contributed by atoms with Crippen LogP contribution in [0.5, 0.6) is 5.88 Å². The summed E-state index contributed by atoms with van der Waals surface area (Å²) in [5.41, 5.74) is 1.84. The lowest BCUT2D eigenvalue weighted by atomic mass is 10.2. The first-order valence-corrected chi connectivity index (χ1v) is 9.11. The molecule has 9 heteroatoms. The number of aromatic amines is 1. The van der Waals surface area contributed by atoms with E-state index in [-0.39, 0.29) is 11.0 Å². The van der Waals surface area contributed by atoms with Crippen LogP contribution in [0, 0.1) is 13.8 Å². The quantitative estimate of drug-likeness (QED) is 0.848. The van der Waals surface area contributed by atoms with E-state index < -0.39 is 10.0 Å². The number of hydrogen-bond acceptors (Lipinski definition) is 6. The van der Waals surface area contributed by atoms with Gasteiger partial charge in [-0.3, -0.25) is 14.8 Å². The molecule has 1 aliphatic rings. The molecule has 3 rings (SSSR count). The molecule has 8 nitrogen and oxygen atoms in total. The van der Waals surface area contributed by atoms with Crippen molar-refractivity contribution in [2.75, 3.05) is 0 Å². The predicted octanol–water partition coefficient (Wildman–Crippen LogP) is 1.61. The van der Waals surface area contributed by atoms with Gasteiger partial charge in [0.1, 0.15) is 11.0 Å². The molecule has 0 saturated heterocycles. The van der Waals surface area contributed by atoms with Crippen LogP contribution in [0.15, 0.2) is 35.3 Å². The van der Waals surface area contributed by atoms with Crippen molar-refractivity contribution < 1.29 is 13.2 Å². The minimum Gasteiger partial charge on any atom is -0.469 e. The Balaban J connectivity index is 1.76. The Bertz CT molecular complexity index is 826. The Morgan fingerprint density at radius 3 is 2.88 bits per heavy atom. The largest absolute Gasteiger partial charge is 0.469 e. The molecule has 1 saturated carbocycles. The molecule has 2 heterocycles. The summed E-state index contributed by atoms with van der Waals surface area (Å²) < 4.78 is 33.3. The second-order valence-corrected chi connectivity index (χ2v) is 7.30. The average molecular weight is 349 g/mol. The number of sulfonamides is 1. The molecule has 1 unspecified atom stereocenters. The SMILES string of the molecule is Cc1n[nH]c(C)c1S(=O)(=O)N/C=C1\CCCC1Oc1cnccn1. The minimum atomic E-state index is -3.67. The van der Waals surface area contributed by atoms with E-state index in [4.69, 9.17) is 4.74 Å². The lowest BCUT2D eigenvalue weighted by Gasteiger charge is -2.14. The summed E-state index contributed by atoms with van der Waals surface area (Å²) in [7, 11) is -3.67. The fourth-order valence-corrected chi connectivity index (χ4v) is 4.09. The van der Waals surface area contributed by atoms with E-state index in [1.807, 2.05) is 0 Å². The zero-order valence-corrected chi connectivity index (χ0v) is 14.3. The highest BCUT2D eigenvalue weighted by Crippen LogP contribution is 2.28. The highest BCUT2D eigenvalue weighted by molar-refractivity contribution is 7.89. The van der Waals surface area contributed by atoms with Crippen molar-refractivity contribution in [3.05, 3.63) is 41.8 Å². The molecule has 24 heavy (non-hydrogen) atoms. The third-order valence-electron chi connectivity index (χ3n) is 3.88. The zero-order chi connectivity index (χ0) is 17.2. The molecule has 2 N–H and O–H groups in total. The fourth-order valence-electron chi connectivity index (χ4n) is 2.78. The van der Waals surface area contributed by atoms with Crippen LogP contribution in [-0.2, 0) is 10.0 Å². The normalized spacial score (nSPS) is 19.6. The maximum Gasteiger partial charge on any atom is 0.265 e. The van der Waals surface area contributed by atoms with Crippen LogP contribution in [0.25, 0.3) is 0 Å². The fraction of sp³-hybridized carbons (Fsp3) is 0.400. The van der Waals surface area contributed by atoms with Gasteiger partial charge in [-0.05, 0) is 38.7 Å². The second kappa shape index (κ2) is 6.60. The van der Waals surface area contributed by atoms with Gasteiger partial charge in [-0.2, -0.15) is 5.10 Å². The van der Waals surface area contributed by atoms with Gasteiger partial charge in [0.15, 0.2) is 0 Å². The van der Waals surface area contributed by atoms with Crippen molar-refractivity contribution >= 4 is 10.0 Å². The predicted molar refractivity (Wildman–Crippen MR) is 86.8 cm³/mol. The molecule has 1 aliphatic carbocycles. The molecule has 0 spiro atoms. The monoisotopic (exact) mass is 349 g/mol. The van der Waals surface area contributed by atoms with Gasteiger partial charge < -0.3 is 4.74 Å². The van der Waals surface area contributed by atoms with Crippen LogP contribution in [0.1, 0.15) is 30.7 Å². The highest BCUT2D eigenvalue weighted by Gasteiger charge is 2.25. The van der Waals surface area contributed by atoms with Crippen molar-refractivity contribution in [1.82, 2.24) is 24.9 Å². The maximum atomic E-state index is 12.5. The molecule has 2 aromatic heterocycles. The maximum absolute atomic E-state index is 12.5. The van der Waals surface area contributed by atoms with Gasteiger partial charge in [-0.1, -0.05) is 0 Å². The first-order chi connectivity index (χ1) is 11.5. The molecule has 0 bridgehead atoms. The Morgan fingerprint density at radius 2 is 2.21 bits per heavy atom. The standard InChI is InChI=1S/C15H19N5O3S/c1-10-15(11(2)20-19-10)24(21,22)18-8-12-4-3-5-13(12)23-14-9-16-6-7-17-14/h6-9,13,18H,3-5H2,1-2H3,(H,19,20)/b12-8+. The van der Waals surface area contributed by atoms with Gasteiger partial charge in [0.25, 0.3) is 10.0 Å². The van der Waals surface area contributed by atoms with E-state index in [1.165, 1.54) is 12.4 Å². The van der Waals surface area contributed by atoms with Gasteiger partial charge in [0.2, 0.25) is 5.88 Å². The van der Waals surface area contributed by atoms with Crippen LogP contribution in [0.2, 0.25) is 0 Å². The molecular formula is C15H19N5O3S. The van der Waals surface area contributed by atoms with E-state index in [9.17, 15) is 8.42 Å². The first-order valence-electron chi connectivity index (χ1n) is 7.63. The van der Waals surface area contributed by atoms with Crippen molar-refractivity contribution in [2.24, 2.45) is 0 Å². The Kier molecular flexibility index (Phi) is 4.52. The zero-order valence-electron chi connectivity index (χ0n) is 13.5. The topological polar surface area (TPSA) is 110 Å². The van der Waals surface area contributed by atoms with Gasteiger partial charge in [0.05, 0.1) is 17.6 Å². The van der Waals surface area contributed by atoms with Crippen LogP contribution in [-0.4, -0.2) is 34.7 Å². The highest BCUT2D eigenvalue weighted by atomic mass is 32.2. The lowest BCUT2D eigenvalue weighted by molar-refractivity contribution is 0.233. The lowest BCUT2D eigenvalue weighted by Crippen LogP contribution is -2.22. The molecule has 1 atom stereocenters. The molecule has 0 radical (unpaired) electrons. The van der Waals surface area contributed by atoms with E-state index in [2.05, 4.69) is 24.9 Å². The molecule has 2 aromatic rings. The molecule has 0 aliphatic heterocycles. The van der Waals surface area contributed by atoms with Crippen molar-refractivity contribution in [1.29, 1.82) is 0 Å². The number of H-pyrrole nitrogens is 1. The van der Waals surface area contributed by atoms with E-state index in [0.717, 1.165) is 24.8 Å². The van der Waals surface area contributed by atoms with Crippen LogP contribution in [0.3, 0.4) is 0 Å². The van der Waals surface area contributed by atoms with Crippen LogP contribution >= 0.6 is 0 Å². The Hall–Kier alpha value is -2.42. The van der Waals surface area contributed by atoms with Crippen molar-refractivity contribution in [3.8, 4) is 5.88 Å². The smallest absolute Gasteiger partial charge is 0.265 e. The summed E-state index contributed by atoms with van der Waals surface area (Å²) in [6.45, 7) is 3.33. The summed E-state index contributed by atoms with van der Waals surface area (Å²) in [6.07, 6.45) is 8.51. The van der Waals surface area contributed by atoms with Gasteiger partial charge in [-0.15, -0.1) is 0 Å². The number of nitrogens with one attached hydrogen (secondary N) is 2. The molecule has 0 aromatic carbocycles. The molecule has 0 amide bonds. The number of nitrogens with zero attached hydrogens (tertiary/aromatic N) is 3. The van der Waals surface area contributed by atoms with Crippen LogP contribution in [0.4, 0.5) is 0 Å². The van der Waals surface area contributed by atoms with Crippen molar-refractivity contribution in [2.45, 2.75) is 44.1 Å². The average Bonchev–Trinajstić information content (AvgIpc) is 3.13. The van der Waals surface area contributed by atoms with Gasteiger partial charge in [-0.25, -0.2) is 13.4 Å². The number of rotatable bonds is 5.